The summed E-state index contributed by atoms with van der Waals surface area (Å²) in [5.41, 5.74) is 2.89. The first-order valence-corrected chi connectivity index (χ1v) is 8.36. The van der Waals surface area contributed by atoms with Gasteiger partial charge in [-0.1, -0.05) is 12.1 Å². The average molecular weight is 400 g/mol. The number of rotatable bonds is 5. The first-order chi connectivity index (χ1) is 12.2. The van der Waals surface area contributed by atoms with E-state index in [0.717, 1.165) is 32.4 Å². The zero-order valence-corrected chi connectivity index (χ0v) is 14.9. The molecule has 0 aliphatic carbocycles. The van der Waals surface area contributed by atoms with E-state index in [1.165, 1.54) is 0 Å². The van der Waals surface area contributed by atoms with E-state index < -0.39 is 0 Å². The largest absolute Gasteiger partial charge is 0.496 e. The predicted octanol–water partition coefficient (Wildman–Crippen LogP) is 4.00. The number of hydrogen-bond acceptors (Lipinski definition) is 6. The summed E-state index contributed by atoms with van der Waals surface area (Å²) in [6, 6.07) is 13.9. The second-order valence-electron chi connectivity index (χ2n) is 5.42. The molecule has 0 spiro atoms. The standard InChI is InChI=1S/C17H14BrN5O2/c1-24-14-5-4-12(8-13(14)18)19-9-10-2-3-11-7-16(25-15(11)6-10)17-20-22-23-21-17/h2-8,19H,9H2,1H3,(H,20,21,22,23). The Bertz CT molecular complexity index is 1010. The van der Waals surface area contributed by atoms with E-state index in [-0.39, 0.29) is 0 Å². The van der Waals surface area contributed by atoms with Crippen molar-refractivity contribution in [2.24, 2.45) is 0 Å². The van der Waals surface area contributed by atoms with E-state index in [2.05, 4.69) is 47.9 Å². The average Bonchev–Trinajstić information content (AvgIpc) is 3.28. The van der Waals surface area contributed by atoms with Crippen molar-refractivity contribution in [2.45, 2.75) is 6.54 Å². The molecule has 0 fully saturated rings. The molecule has 2 aromatic carbocycles. The lowest BCUT2D eigenvalue weighted by Crippen LogP contribution is -1.99. The Kier molecular flexibility index (Phi) is 4.10. The van der Waals surface area contributed by atoms with Gasteiger partial charge in [-0.05, 0) is 57.0 Å². The topological polar surface area (TPSA) is 88.9 Å². The van der Waals surface area contributed by atoms with Crippen molar-refractivity contribution in [1.29, 1.82) is 0 Å². The van der Waals surface area contributed by atoms with Crippen molar-refractivity contribution < 1.29 is 9.15 Å². The lowest BCUT2D eigenvalue weighted by atomic mass is 10.1. The second-order valence-corrected chi connectivity index (χ2v) is 6.28. The number of aromatic nitrogens is 4. The molecule has 0 aliphatic rings. The lowest BCUT2D eigenvalue weighted by molar-refractivity contribution is 0.412. The van der Waals surface area contributed by atoms with Crippen molar-refractivity contribution in [1.82, 2.24) is 20.6 Å². The molecular formula is C17H14BrN5O2. The van der Waals surface area contributed by atoms with Gasteiger partial charge in [0.15, 0.2) is 5.76 Å². The van der Waals surface area contributed by atoms with Gasteiger partial charge in [0.2, 0.25) is 5.82 Å². The Balaban J connectivity index is 1.52. The number of anilines is 1. The summed E-state index contributed by atoms with van der Waals surface area (Å²) in [5, 5.41) is 18.2. The molecule has 0 saturated heterocycles. The summed E-state index contributed by atoms with van der Waals surface area (Å²) in [4.78, 5) is 0. The Morgan fingerprint density at radius 2 is 2.12 bits per heavy atom. The van der Waals surface area contributed by atoms with Gasteiger partial charge in [-0.3, -0.25) is 0 Å². The minimum absolute atomic E-state index is 0.443. The van der Waals surface area contributed by atoms with Crippen LogP contribution in [-0.4, -0.2) is 27.7 Å². The number of nitrogens with one attached hydrogen (secondary N) is 2. The van der Waals surface area contributed by atoms with Crippen molar-refractivity contribution in [2.75, 3.05) is 12.4 Å². The molecule has 8 heteroatoms. The van der Waals surface area contributed by atoms with Crippen molar-refractivity contribution in [3.8, 4) is 17.3 Å². The van der Waals surface area contributed by atoms with Gasteiger partial charge >= 0.3 is 0 Å². The van der Waals surface area contributed by atoms with E-state index in [1.807, 2.05) is 36.4 Å². The fraction of sp³-hybridized carbons (Fsp3) is 0.118. The van der Waals surface area contributed by atoms with Gasteiger partial charge in [-0.15, -0.1) is 10.2 Å². The number of aromatic amines is 1. The SMILES string of the molecule is COc1ccc(NCc2ccc3cc(-c4nn[nH]n4)oc3c2)cc1Br. The molecule has 0 saturated carbocycles. The predicted molar refractivity (Wildman–Crippen MR) is 97.4 cm³/mol. The van der Waals surface area contributed by atoms with Crippen molar-refractivity contribution in [3.63, 3.8) is 0 Å². The molecular weight excluding hydrogens is 386 g/mol. The number of tetrazole rings is 1. The van der Waals surface area contributed by atoms with Crippen LogP contribution in [0.4, 0.5) is 5.69 Å². The van der Waals surface area contributed by atoms with Crippen LogP contribution in [0.3, 0.4) is 0 Å². The van der Waals surface area contributed by atoms with Crippen LogP contribution in [0.5, 0.6) is 5.75 Å². The fourth-order valence-corrected chi connectivity index (χ4v) is 3.08. The maximum absolute atomic E-state index is 5.82. The molecule has 4 rings (SSSR count). The number of nitrogens with zero attached hydrogens (tertiary/aromatic N) is 3. The minimum atomic E-state index is 0.443. The second kappa shape index (κ2) is 6.56. The van der Waals surface area contributed by atoms with Crippen molar-refractivity contribution >= 4 is 32.6 Å². The number of furan rings is 1. The molecule has 126 valence electrons. The lowest BCUT2D eigenvalue weighted by Gasteiger charge is -2.09. The number of fused-ring (bicyclic) bond motifs is 1. The first kappa shape index (κ1) is 15.6. The van der Waals surface area contributed by atoms with Gasteiger partial charge in [-0.2, -0.15) is 5.21 Å². The maximum Gasteiger partial charge on any atom is 0.239 e. The Morgan fingerprint density at radius 3 is 2.88 bits per heavy atom. The molecule has 7 nitrogen and oxygen atoms in total. The number of halogens is 1. The number of ether oxygens (including phenoxy) is 1. The quantitative estimate of drug-likeness (QED) is 0.527. The summed E-state index contributed by atoms with van der Waals surface area (Å²) in [5.74, 6) is 1.84. The highest BCUT2D eigenvalue weighted by Crippen LogP contribution is 2.29. The molecule has 2 N–H and O–H groups in total. The van der Waals surface area contributed by atoms with Gasteiger partial charge in [-0.25, -0.2) is 0 Å². The van der Waals surface area contributed by atoms with Crippen molar-refractivity contribution in [3.05, 3.63) is 52.5 Å². The fourth-order valence-electron chi connectivity index (χ4n) is 2.54. The molecule has 2 aromatic heterocycles. The van der Waals surface area contributed by atoms with Crippen LogP contribution >= 0.6 is 15.9 Å². The zero-order valence-electron chi connectivity index (χ0n) is 13.3. The van der Waals surface area contributed by atoms with Crippen LogP contribution in [0, 0.1) is 0 Å². The van der Waals surface area contributed by atoms with Gasteiger partial charge in [0, 0.05) is 17.6 Å². The van der Waals surface area contributed by atoms with Crippen LogP contribution in [0.1, 0.15) is 5.56 Å². The van der Waals surface area contributed by atoms with E-state index in [9.17, 15) is 0 Å². The third kappa shape index (κ3) is 3.20. The zero-order chi connectivity index (χ0) is 17.2. The number of benzene rings is 2. The molecule has 4 aromatic rings. The van der Waals surface area contributed by atoms with E-state index in [0.29, 0.717) is 18.1 Å². The molecule has 0 bridgehead atoms. The van der Waals surface area contributed by atoms with Crippen LogP contribution < -0.4 is 10.1 Å². The van der Waals surface area contributed by atoms with Gasteiger partial charge in [0.25, 0.3) is 0 Å². The molecule has 0 atom stereocenters. The van der Waals surface area contributed by atoms with Crippen LogP contribution in [0.2, 0.25) is 0 Å². The number of hydrogen-bond donors (Lipinski definition) is 2. The first-order valence-electron chi connectivity index (χ1n) is 7.56. The highest BCUT2D eigenvalue weighted by molar-refractivity contribution is 9.10. The molecule has 0 unspecified atom stereocenters. The minimum Gasteiger partial charge on any atom is -0.496 e. The molecule has 0 amide bonds. The summed E-state index contributed by atoms with van der Waals surface area (Å²) in [7, 11) is 1.65. The molecule has 0 radical (unpaired) electrons. The summed E-state index contributed by atoms with van der Waals surface area (Å²) >= 11 is 3.49. The summed E-state index contributed by atoms with van der Waals surface area (Å²) in [6.07, 6.45) is 0. The number of H-pyrrole nitrogens is 1. The molecule has 2 heterocycles. The monoisotopic (exact) mass is 399 g/mol. The number of methoxy groups -OCH3 is 1. The Hall–Kier alpha value is -2.87. The van der Waals surface area contributed by atoms with Crippen LogP contribution in [0.25, 0.3) is 22.6 Å². The highest BCUT2D eigenvalue weighted by atomic mass is 79.9. The third-order valence-electron chi connectivity index (χ3n) is 3.80. The highest BCUT2D eigenvalue weighted by Gasteiger charge is 2.10. The Morgan fingerprint density at radius 1 is 1.20 bits per heavy atom. The van der Waals surface area contributed by atoms with E-state index >= 15 is 0 Å². The Labute approximate surface area is 151 Å². The molecule has 25 heavy (non-hydrogen) atoms. The van der Waals surface area contributed by atoms with E-state index in [4.69, 9.17) is 9.15 Å². The van der Waals surface area contributed by atoms with Gasteiger partial charge in [0.1, 0.15) is 11.3 Å². The smallest absolute Gasteiger partial charge is 0.239 e. The summed E-state index contributed by atoms with van der Waals surface area (Å²) < 4.78 is 12.0. The maximum atomic E-state index is 5.82. The molecule has 0 aliphatic heterocycles. The van der Waals surface area contributed by atoms with Gasteiger partial charge in [0.05, 0.1) is 11.6 Å². The van der Waals surface area contributed by atoms with Crippen LogP contribution in [-0.2, 0) is 6.54 Å². The summed E-state index contributed by atoms with van der Waals surface area (Å²) in [6.45, 7) is 0.674. The normalized spacial score (nSPS) is 11.0. The third-order valence-corrected chi connectivity index (χ3v) is 4.42. The van der Waals surface area contributed by atoms with Crippen LogP contribution in [0.15, 0.2) is 51.4 Å². The van der Waals surface area contributed by atoms with E-state index in [1.54, 1.807) is 7.11 Å². The van der Waals surface area contributed by atoms with Gasteiger partial charge < -0.3 is 14.5 Å².